The largest absolute Gasteiger partial charge is 0.389 e. The maximum atomic E-state index is 12.9. The first-order valence-electron chi connectivity index (χ1n) is 6.82. The molecule has 1 aliphatic carbocycles. The molecule has 0 saturated heterocycles. The number of sulfonamides is 1. The molecule has 3 atom stereocenters. The third-order valence-corrected chi connectivity index (χ3v) is 5.92. The van der Waals surface area contributed by atoms with E-state index in [-0.39, 0.29) is 11.0 Å². The van der Waals surface area contributed by atoms with Gasteiger partial charge in [0.15, 0.2) is 0 Å². The number of aliphatic hydroxyl groups is 1. The van der Waals surface area contributed by atoms with Crippen LogP contribution in [0, 0.1) is 5.82 Å². The summed E-state index contributed by atoms with van der Waals surface area (Å²) >= 11 is 0. The smallest absolute Gasteiger partial charge is 0.243 e. The van der Waals surface area contributed by atoms with E-state index >= 15 is 0 Å². The summed E-state index contributed by atoms with van der Waals surface area (Å²) in [7, 11) is -0.829. The van der Waals surface area contributed by atoms with Gasteiger partial charge in [0.25, 0.3) is 0 Å². The van der Waals surface area contributed by atoms with E-state index in [1.54, 1.807) is 0 Å². The van der Waals surface area contributed by atoms with Crippen molar-refractivity contribution >= 4 is 10.0 Å². The zero-order valence-corrected chi connectivity index (χ0v) is 12.9. The predicted octanol–water partition coefficient (Wildman–Crippen LogP) is 1.37. The number of nitrogens with zero attached hydrogens (tertiary/aromatic N) is 1. The Morgan fingerprint density at radius 3 is 2.48 bits per heavy atom. The molecule has 0 unspecified atom stereocenters. The Morgan fingerprint density at radius 2 is 1.90 bits per heavy atom. The van der Waals surface area contributed by atoms with Crippen molar-refractivity contribution in [3.63, 3.8) is 0 Å². The Bertz CT molecular complexity index is 575. The number of halogens is 1. The number of ether oxygens (including phenoxy) is 1. The van der Waals surface area contributed by atoms with Crippen molar-refractivity contribution in [1.82, 2.24) is 4.31 Å². The second-order valence-corrected chi connectivity index (χ2v) is 7.24. The summed E-state index contributed by atoms with van der Waals surface area (Å²) in [5.41, 5.74) is 0. The SMILES string of the molecule is CO[C@@H]1CCC[C@@H](N(C)S(=O)(=O)c2ccc(F)cc2)[C@H]1O. The molecule has 5 nitrogen and oxygen atoms in total. The molecule has 0 amide bonds. The topological polar surface area (TPSA) is 66.8 Å². The fraction of sp³-hybridized carbons (Fsp3) is 0.571. The molecule has 7 heteroatoms. The Hall–Kier alpha value is -1.02. The number of hydrogen-bond donors (Lipinski definition) is 1. The highest BCUT2D eigenvalue weighted by molar-refractivity contribution is 7.89. The van der Waals surface area contributed by atoms with Crippen LogP contribution in [0.5, 0.6) is 0 Å². The van der Waals surface area contributed by atoms with Crippen LogP contribution in [-0.2, 0) is 14.8 Å². The molecule has 0 radical (unpaired) electrons. The quantitative estimate of drug-likeness (QED) is 0.911. The van der Waals surface area contributed by atoms with E-state index < -0.39 is 28.0 Å². The van der Waals surface area contributed by atoms with Crippen LogP contribution in [0.25, 0.3) is 0 Å². The molecule has 1 N–H and O–H groups in total. The van der Waals surface area contributed by atoms with Crippen LogP contribution in [-0.4, -0.2) is 50.2 Å². The van der Waals surface area contributed by atoms with Crippen molar-refractivity contribution in [3.05, 3.63) is 30.1 Å². The highest BCUT2D eigenvalue weighted by atomic mass is 32.2. The third-order valence-electron chi connectivity index (χ3n) is 4.02. The van der Waals surface area contributed by atoms with E-state index in [4.69, 9.17) is 4.74 Å². The molecular formula is C14H20FNO4S. The average Bonchev–Trinajstić information content (AvgIpc) is 2.47. The minimum Gasteiger partial charge on any atom is -0.389 e. The van der Waals surface area contributed by atoms with Crippen molar-refractivity contribution < 1.29 is 22.7 Å². The van der Waals surface area contributed by atoms with E-state index in [1.807, 2.05) is 0 Å². The number of hydrogen-bond acceptors (Lipinski definition) is 4. The zero-order chi connectivity index (χ0) is 15.6. The van der Waals surface area contributed by atoms with Gasteiger partial charge in [0.1, 0.15) is 5.82 Å². The van der Waals surface area contributed by atoms with Crippen molar-refractivity contribution in [1.29, 1.82) is 0 Å². The van der Waals surface area contributed by atoms with Gasteiger partial charge in [-0.1, -0.05) is 0 Å². The van der Waals surface area contributed by atoms with Gasteiger partial charge in [0, 0.05) is 14.2 Å². The molecule has 1 fully saturated rings. The molecule has 0 aromatic heterocycles. The molecular weight excluding hydrogens is 297 g/mol. The van der Waals surface area contributed by atoms with Crippen LogP contribution in [0.2, 0.25) is 0 Å². The van der Waals surface area contributed by atoms with Crippen LogP contribution >= 0.6 is 0 Å². The minimum absolute atomic E-state index is 0.0122. The van der Waals surface area contributed by atoms with Gasteiger partial charge in [0.05, 0.1) is 23.1 Å². The van der Waals surface area contributed by atoms with Crippen molar-refractivity contribution in [2.75, 3.05) is 14.2 Å². The van der Waals surface area contributed by atoms with Gasteiger partial charge in [-0.05, 0) is 43.5 Å². The fourth-order valence-corrected chi connectivity index (χ4v) is 4.12. The lowest BCUT2D eigenvalue weighted by atomic mass is 9.90. The first-order valence-corrected chi connectivity index (χ1v) is 8.26. The molecule has 21 heavy (non-hydrogen) atoms. The second kappa shape index (κ2) is 6.39. The summed E-state index contributed by atoms with van der Waals surface area (Å²) < 4.78 is 44.4. The van der Waals surface area contributed by atoms with Gasteiger partial charge in [-0.3, -0.25) is 0 Å². The third kappa shape index (κ3) is 3.26. The van der Waals surface area contributed by atoms with Gasteiger partial charge in [0.2, 0.25) is 10.0 Å². The number of likely N-dealkylation sites (N-methyl/N-ethyl adjacent to an activating group) is 1. The highest BCUT2D eigenvalue weighted by Crippen LogP contribution is 2.28. The molecule has 118 valence electrons. The van der Waals surface area contributed by atoms with E-state index in [0.717, 1.165) is 22.9 Å². The molecule has 1 aromatic carbocycles. The van der Waals surface area contributed by atoms with Crippen LogP contribution in [0.15, 0.2) is 29.2 Å². The highest BCUT2D eigenvalue weighted by Gasteiger charge is 2.39. The lowest BCUT2D eigenvalue weighted by Crippen LogP contribution is -2.52. The summed E-state index contributed by atoms with van der Waals surface area (Å²) in [4.78, 5) is 0.0122. The van der Waals surface area contributed by atoms with Crippen molar-refractivity contribution in [2.24, 2.45) is 0 Å². The lowest BCUT2D eigenvalue weighted by molar-refractivity contribution is -0.0644. The van der Waals surface area contributed by atoms with Crippen LogP contribution in [0.1, 0.15) is 19.3 Å². The number of benzene rings is 1. The molecule has 1 aliphatic rings. The standard InChI is InChI=1S/C14H20FNO4S/c1-16(12-4-3-5-13(20-2)14(12)17)21(18,19)11-8-6-10(15)7-9-11/h6-9,12-14,17H,3-5H2,1-2H3/t12-,13-,14-/m1/s1. The summed E-state index contributed by atoms with van der Waals surface area (Å²) in [6.45, 7) is 0. The zero-order valence-electron chi connectivity index (χ0n) is 12.1. The molecule has 0 spiro atoms. The fourth-order valence-electron chi connectivity index (χ4n) is 2.72. The minimum atomic E-state index is -3.77. The van der Waals surface area contributed by atoms with Gasteiger partial charge >= 0.3 is 0 Å². The maximum absolute atomic E-state index is 12.9. The van der Waals surface area contributed by atoms with Crippen molar-refractivity contribution in [3.8, 4) is 0 Å². The number of aliphatic hydroxyl groups excluding tert-OH is 1. The first-order chi connectivity index (χ1) is 9.87. The summed E-state index contributed by atoms with van der Waals surface area (Å²) in [6.07, 6.45) is 0.818. The second-order valence-electron chi connectivity index (χ2n) is 5.24. The number of rotatable bonds is 4. The normalized spacial score (nSPS) is 27.0. The van der Waals surface area contributed by atoms with Crippen LogP contribution in [0.3, 0.4) is 0 Å². The maximum Gasteiger partial charge on any atom is 0.243 e. The molecule has 1 aromatic rings. The lowest BCUT2D eigenvalue weighted by Gasteiger charge is -2.38. The molecule has 0 aliphatic heterocycles. The van der Waals surface area contributed by atoms with Gasteiger partial charge < -0.3 is 9.84 Å². The molecule has 0 heterocycles. The first kappa shape index (κ1) is 16.4. The van der Waals surface area contributed by atoms with Gasteiger partial charge in [-0.25, -0.2) is 12.8 Å². The average molecular weight is 317 g/mol. The van der Waals surface area contributed by atoms with Crippen molar-refractivity contribution in [2.45, 2.75) is 42.4 Å². The van der Waals surface area contributed by atoms with E-state index in [2.05, 4.69) is 0 Å². The van der Waals surface area contributed by atoms with Crippen LogP contribution in [0.4, 0.5) is 4.39 Å². The van der Waals surface area contributed by atoms with E-state index in [9.17, 15) is 17.9 Å². The number of methoxy groups -OCH3 is 1. The summed E-state index contributed by atoms with van der Waals surface area (Å²) in [6, 6.07) is 4.12. The summed E-state index contributed by atoms with van der Waals surface area (Å²) in [5.74, 6) is -0.492. The van der Waals surface area contributed by atoms with Crippen LogP contribution < -0.4 is 0 Å². The Labute approximate surface area is 124 Å². The predicted molar refractivity (Wildman–Crippen MR) is 75.8 cm³/mol. The molecule has 2 rings (SSSR count). The van der Waals surface area contributed by atoms with Gasteiger partial charge in [-0.15, -0.1) is 0 Å². The monoisotopic (exact) mass is 317 g/mol. The van der Waals surface area contributed by atoms with E-state index in [0.29, 0.717) is 12.8 Å². The Morgan fingerprint density at radius 1 is 1.29 bits per heavy atom. The molecule has 0 bridgehead atoms. The molecule has 1 saturated carbocycles. The van der Waals surface area contributed by atoms with Gasteiger partial charge in [-0.2, -0.15) is 4.31 Å². The Balaban J connectivity index is 2.25. The summed E-state index contributed by atoms with van der Waals surface area (Å²) in [5, 5.41) is 10.3. The van der Waals surface area contributed by atoms with E-state index in [1.165, 1.54) is 26.3 Å². The Kier molecular flexibility index (Phi) is 4.98.